The van der Waals surface area contributed by atoms with Crippen molar-refractivity contribution in [3.05, 3.63) is 0 Å². The standard InChI is InChI=1S/C18H31N3O3/c1-13(2)3-8-18(14-4-9-19-10-5-14)16(22)21(17(23)20-18)15-6-11-24-12-7-15/h13-15,19H,3-12H2,1-2H3,(H,20,23)/t18-/m1/s1. The number of ether oxygens (including phenoxy) is 1. The quantitative estimate of drug-likeness (QED) is 0.752. The predicted molar refractivity (Wildman–Crippen MR) is 91.6 cm³/mol. The molecule has 0 aromatic rings. The van der Waals surface area contributed by atoms with E-state index in [-0.39, 0.29) is 23.9 Å². The van der Waals surface area contributed by atoms with Gasteiger partial charge in [-0.15, -0.1) is 0 Å². The molecule has 3 fully saturated rings. The lowest BCUT2D eigenvalue weighted by Crippen LogP contribution is -2.56. The number of nitrogens with zero attached hydrogens (tertiary/aromatic N) is 1. The third-order valence-electron chi connectivity index (χ3n) is 5.86. The average molecular weight is 337 g/mol. The minimum absolute atomic E-state index is 0.00566. The molecular formula is C18H31N3O3. The van der Waals surface area contributed by atoms with Gasteiger partial charge in [0.05, 0.1) is 0 Å². The van der Waals surface area contributed by atoms with Crippen molar-refractivity contribution in [1.29, 1.82) is 0 Å². The number of carbonyl (C=O) groups is 2. The second-order valence-electron chi connectivity index (χ2n) is 7.88. The Bertz CT molecular complexity index is 470. The summed E-state index contributed by atoms with van der Waals surface area (Å²) < 4.78 is 5.40. The highest BCUT2D eigenvalue weighted by atomic mass is 16.5. The lowest BCUT2D eigenvalue weighted by Gasteiger charge is -2.39. The van der Waals surface area contributed by atoms with E-state index in [0.29, 0.717) is 19.1 Å². The summed E-state index contributed by atoms with van der Waals surface area (Å²) in [5.41, 5.74) is -0.693. The maximum absolute atomic E-state index is 13.4. The van der Waals surface area contributed by atoms with Gasteiger partial charge >= 0.3 is 6.03 Å². The second kappa shape index (κ2) is 7.40. The molecule has 0 unspecified atom stereocenters. The van der Waals surface area contributed by atoms with Crippen molar-refractivity contribution in [1.82, 2.24) is 15.5 Å². The highest BCUT2D eigenvalue weighted by molar-refractivity contribution is 6.07. The van der Waals surface area contributed by atoms with Gasteiger partial charge in [0.15, 0.2) is 0 Å². The van der Waals surface area contributed by atoms with E-state index in [4.69, 9.17) is 4.74 Å². The molecule has 0 spiro atoms. The Labute approximate surface area is 144 Å². The monoisotopic (exact) mass is 337 g/mol. The van der Waals surface area contributed by atoms with Crippen molar-refractivity contribution in [2.45, 2.75) is 64.0 Å². The first-order chi connectivity index (χ1) is 11.5. The van der Waals surface area contributed by atoms with Gasteiger partial charge in [0.1, 0.15) is 5.54 Å². The molecule has 3 saturated heterocycles. The van der Waals surface area contributed by atoms with E-state index in [0.717, 1.165) is 51.6 Å². The molecule has 3 aliphatic heterocycles. The van der Waals surface area contributed by atoms with Gasteiger partial charge in [-0.05, 0) is 63.5 Å². The van der Waals surface area contributed by atoms with Crippen molar-refractivity contribution in [3.63, 3.8) is 0 Å². The van der Waals surface area contributed by atoms with Gasteiger partial charge in [-0.25, -0.2) is 4.79 Å². The summed E-state index contributed by atoms with van der Waals surface area (Å²) in [6.45, 7) is 7.46. The molecule has 0 radical (unpaired) electrons. The van der Waals surface area contributed by atoms with Gasteiger partial charge in [-0.3, -0.25) is 9.69 Å². The van der Waals surface area contributed by atoms with Gasteiger partial charge in [0.2, 0.25) is 0 Å². The first-order valence-electron chi connectivity index (χ1n) is 9.49. The minimum Gasteiger partial charge on any atom is -0.381 e. The summed E-state index contributed by atoms with van der Waals surface area (Å²) in [4.78, 5) is 27.7. The fourth-order valence-corrected chi connectivity index (χ4v) is 4.37. The number of urea groups is 1. The highest BCUT2D eigenvalue weighted by Crippen LogP contribution is 2.38. The summed E-state index contributed by atoms with van der Waals surface area (Å²) in [7, 11) is 0. The highest BCUT2D eigenvalue weighted by Gasteiger charge is 2.56. The number of amides is 3. The van der Waals surface area contributed by atoms with Crippen LogP contribution in [0.15, 0.2) is 0 Å². The molecule has 0 aromatic carbocycles. The number of piperidine rings is 1. The minimum atomic E-state index is -0.693. The molecule has 3 heterocycles. The third kappa shape index (κ3) is 3.31. The summed E-state index contributed by atoms with van der Waals surface area (Å²) in [6, 6.07) is -0.192. The van der Waals surface area contributed by atoms with Crippen molar-refractivity contribution >= 4 is 11.9 Å². The maximum Gasteiger partial charge on any atom is 0.325 e. The molecule has 3 rings (SSSR count). The van der Waals surface area contributed by atoms with Crippen LogP contribution in [0.5, 0.6) is 0 Å². The lowest BCUT2D eigenvalue weighted by atomic mass is 9.74. The van der Waals surface area contributed by atoms with Gasteiger partial charge < -0.3 is 15.4 Å². The summed E-state index contributed by atoms with van der Waals surface area (Å²) in [6.07, 6.45) is 5.12. The van der Waals surface area contributed by atoms with Crippen LogP contribution in [0.3, 0.4) is 0 Å². The van der Waals surface area contributed by atoms with Crippen LogP contribution in [0.25, 0.3) is 0 Å². The van der Waals surface area contributed by atoms with Crippen molar-refractivity contribution in [2.24, 2.45) is 11.8 Å². The second-order valence-corrected chi connectivity index (χ2v) is 7.88. The van der Waals surface area contributed by atoms with Crippen LogP contribution >= 0.6 is 0 Å². The smallest absolute Gasteiger partial charge is 0.325 e. The van der Waals surface area contributed by atoms with Gasteiger partial charge in [0, 0.05) is 19.3 Å². The first kappa shape index (κ1) is 17.7. The largest absolute Gasteiger partial charge is 0.381 e. The molecular weight excluding hydrogens is 306 g/mol. The number of nitrogens with one attached hydrogen (secondary N) is 2. The lowest BCUT2D eigenvalue weighted by molar-refractivity contribution is -0.137. The van der Waals surface area contributed by atoms with E-state index < -0.39 is 5.54 Å². The zero-order chi connectivity index (χ0) is 17.2. The average Bonchev–Trinajstić information content (AvgIpc) is 2.86. The van der Waals surface area contributed by atoms with Crippen LogP contribution in [0.4, 0.5) is 4.79 Å². The van der Waals surface area contributed by atoms with Crippen LogP contribution in [-0.2, 0) is 9.53 Å². The Morgan fingerprint density at radius 3 is 2.46 bits per heavy atom. The Kier molecular flexibility index (Phi) is 5.45. The normalized spacial score (nSPS) is 30.2. The molecule has 0 aromatic heterocycles. The molecule has 3 aliphatic rings. The third-order valence-corrected chi connectivity index (χ3v) is 5.86. The van der Waals surface area contributed by atoms with E-state index in [1.807, 2.05) is 0 Å². The van der Waals surface area contributed by atoms with Crippen LogP contribution < -0.4 is 10.6 Å². The Balaban J connectivity index is 1.83. The molecule has 6 heteroatoms. The predicted octanol–water partition coefficient (Wildman–Crippen LogP) is 1.89. The summed E-state index contributed by atoms with van der Waals surface area (Å²) >= 11 is 0. The summed E-state index contributed by atoms with van der Waals surface area (Å²) in [5, 5.41) is 6.53. The topological polar surface area (TPSA) is 70.7 Å². The van der Waals surface area contributed by atoms with Crippen LogP contribution in [0.2, 0.25) is 0 Å². The van der Waals surface area contributed by atoms with Crippen molar-refractivity contribution in [3.8, 4) is 0 Å². The zero-order valence-electron chi connectivity index (χ0n) is 15.0. The SMILES string of the molecule is CC(C)CC[C@]1(C2CCNCC2)NC(=O)N(C2CCOCC2)C1=O. The van der Waals surface area contributed by atoms with Crippen LogP contribution in [0, 0.1) is 11.8 Å². The summed E-state index contributed by atoms with van der Waals surface area (Å²) in [5.74, 6) is 0.774. The van der Waals surface area contributed by atoms with Crippen molar-refractivity contribution in [2.75, 3.05) is 26.3 Å². The van der Waals surface area contributed by atoms with E-state index in [1.165, 1.54) is 4.90 Å². The molecule has 3 amide bonds. The number of carbonyl (C=O) groups excluding carboxylic acids is 2. The fraction of sp³-hybridized carbons (Fsp3) is 0.889. The molecule has 6 nitrogen and oxygen atoms in total. The number of rotatable bonds is 5. The fourth-order valence-electron chi connectivity index (χ4n) is 4.37. The Morgan fingerprint density at radius 2 is 1.83 bits per heavy atom. The number of imide groups is 1. The molecule has 0 saturated carbocycles. The van der Waals surface area contributed by atoms with E-state index in [2.05, 4.69) is 24.5 Å². The van der Waals surface area contributed by atoms with Crippen molar-refractivity contribution < 1.29 is 14.3 Å². The number of hydrogen-bond donors (Lipinski definition) is 2. The van der Waals surface area contributed by atoms with E-state index in [9.17, 15) is 9.59 Å². The van der Waals surface area contributed by atoms with E-state index in [1.54, 1.807) is 0 Å². The van der Waals surface area contributed by atoms with Crippen LogP contribution in [0.1, 0.15) is 52.4 Å². The van der Waals surface area contributed by atoms with Gasteiger partial charge in [0.25, 0.3) is 5.91 Å². The maximum atomic E-state index is 13.4. The van der Waals surface area contributed by atoms with Gasteiger partial charge in [-0.1, -0.05) is 13.8 Å². The molecule has 136 valence electrons. The van der Waals surface area contributed by atoms with Crippen LogP contribution in [-0.4, -0.2) is 54.7 Å². The first-order valence-corrected chi connectivity index (χ1v) is 9.49. The zero-order valence-corrected chi connectivity index (χ0v) is 15.0. The number of hydrogen-bond acceptors (Lipinski definition) is 4. The Morgan fingerprint density at radius 1 is 1.17 bits per heavy atom. The molecule has 24 heavy (non-hydrogen) atoms. The van der Waals surface area contributed by atoms with Gasteiger partial charge in [-0.2, -0.15) is 0 Å². The molecule has 0 aliphatic carbocycles. The molecule has 1 atom stereocenters. The van der Waals surface area contributed by atoms with E-state index >= 15 is 0 Å². The molecule has 2 N–H and O–H groups in total. The molecule has 0 bridgehead atoms. The Hall–Kier alpha value is -1.14.